The lowest BCUT2D eigenvalue weighted by atomic mass is 10.1. The molecule has 6 rings (SSSR count). The number of fused-ring (bicyclic) bond motifs is 2. The molecule has 0 amide bonds. The number of thiol groups is 1. The van der Waals surface area contributed by atoms with Gasteiger partial charge in [-0.05, 0) is 77.2 Å². The van der Waals surface area contributed by atoms with E-state index in [4.69, 9.17) is 0 Å². The Labute approximate surface area is 263 Å². The number of aromatic hydroxyl groups is 1. The molecule has 0 aliphatic rings. The van der Waals surface area contributed by atoms with Gasteiger partial charge in [0, 0.05) is 18.1 Å². The SMILES string of the molecule is CNc1ccc2c(O)c(N=Nc3ccc(C=Cc4ccc(-n5c(S)nc6ccccc6c5=O)cc4)cc3)c(S(=O)(=O)O)cc2c1. The first-order valence-corrected chi connectivity index (χ1v) is 15.5. The highest BCUT2D eigenvalue weighted by Gasteiger charge is 2.22. The Morgan fingerprint density at radius 2 is 1.53 bits per heavy atom. The van der Waals surface area contributed by atoms with Gasteiger partial charge >= 0.3 is 0 Å². The van der Waals surface area contributed by atoms with Crippen LogP contribution in [-0.4, -0.2) is 34.7 Å². The molecule has 0 atom stereocenters. The van der Waals surface area contributed by atoms with Gasteiger partial charge in [-0.15, -0.1) is 17.7 Å². The zero-order chi connectivity index (χ0) is 31.7. The molecule has 0 unspecified atom stereocenters. The number of hydrogen-bond donors (Lipinski definition) is 4. The van der Waals surface area contributed by atoms with Crippen LogP contribution >= 0.6 is 12.6 Å². The van der Waals surface area contributed by atoms with Crippen LogP contribution in [0.4, 0.5) is 17.1 Å². The number of phenols is 1. The predicted molar refractivity (Wildman–Crippen MR) is 179 cm³/mol. The summed E-state index contributed by atoms with van der Waals surface area (Å²) in [6.45, 7) is 0. The van der Waals surface area contributed by atoms with Gasteiger partial charge in [-0.1, -0.05) is 48.6 Å². The summed E-state index contributed by atoms with van der Waals surface area (Å²) in [7, 11) is -3.00. The highest BCUT2D eigenvalue weighted by molar-refractivity contribution is 7.86. The molecular formula is C33H25N5O5S2. The first kappa shape index (κ1) is 29.8. The molecule has 0 aliphatic heterocycles. The zero-order valence-corrected chi connectivity index (χ0v) is 25.4. The average molecular weight is 636 g/mol. The Bertz CT molecular complexity index is 2320. The molecule has 224 valence electrons. The standard InChI is InChI=1S/C33H25N5O5S2/c1-34-24-14-17-26-22(18-24)19-29(45(41,42)43)30(31(26)39)37-36-23-12-8-20(9-13-23)6-7-21-10-15-25(16-11-21)38-32(40)27-4-2-3-5-28(27)35-33(38)44/h2-19,34,39H,1H3,(H,35,44)(H,41,42,43). The summed E-state index contributed by atoms with van der Waals surface area (Å²) in [4.78, 5) is 16.9. The number of nitrogens with one attached hydrogen (secondary N) is 1. The van der Waals surface area contributed by atoms with Crippen molar-refractivity contribution < 1.29 is 18.1 Å². The van der Waals surface area contributed by atoms with Crippen molar-refractivity contribution in [3.05, 3.63) is 119 Å². The minimum absolute atomic E-state index is 0.195. The molecule has 10 nitrogen and oxygen atoms in total. The van der Waals surface area contributed by atoms with Gasteiger partial charge in [-0.25, -0.2) is 4.98 Å². The van der Waals surface area contributed by atoms with E-state index in [2.05, 4.69) is 33.2 Å². The topological polar surface area (TPSA) is 146 Å². The molecule has 0 spiro atoms. The van der Waals surface area contributed by atoms with Gasteiger partial charge in [0.05, 0.1) is 22.3 Å². The Kier molecular flexibility index (Phi) is 7.94. The van der Waals surface area contributed by atoms with Crippen LogP contribution in [-0.2, 0) is 10.1 Å². The molecule has 5 aromatic carbocycles. The molecule has 0 aliphatic carbocycles. The fourth-order valence-electron chi connectivity index (χ4n) is 4.84. The van der Waals surface area contributed by atoms with E-state index in [-0.39, 0.29) is 11.2 Å². The van der Waals surface area contributed by atoms with Crippen LogP contribution in [0.3, 0.4) is 0 Å². The summed E-state index contributed by atoms with van der Waals surface area (Å²) >= 11 is 4.43. The van der Waals surface area contributed by atoms with Crippen molar-refractivity contribution in [2.24, 2.45) is 10.2 Å². The molecule has 6 aromatic rings. The Morgan fingerprint density at radius 1 is 0.867 bits per heavy atom. The first-order valence-electron chi connectivity index (χ1n) is 13.6. The number of phenolic OH excluding ortho intramolecular Hbond substituents is 1. The van der Waals surface area contributed by atoms with E-state index < -0.39 is 20.8 Å². The molecule has 1 aromatic heterocycles. The number of para-hydroxylation sites is 1. The number of nitrogens with zero attached hydrogens (tertiary/aromatic N) is 4. The number of anilines is 1. The van der Waals surface area contributed by atoms with Crippen molar-refractivity contribution in [2.75, 3.05) is 12.4 Å². The van der Waals surface area contributed by atoms with E-state index in [0.717, 1.165) is 11.1 Å². The quantitative estimate of drug-likeness (QED) is 0.0470. The maximum Gasteiger partial charge on any atom is 0.296 e. The van der Waals surface area contributed by atoms with Crippen molar-refractivity contribution in [1.82, 2.24) is 9.55 Å². The number of azo groups is 1. The smallest absolute Gasteiger partial charge is 0.296 e. The molecule has 0 saturated heterocycles. The highest BCUT2D eigenvalue weighted by Crippen LogP contribution is 2.42. The minimum atomic E-state index is -4.71. The Hall–Kier alpha value is -5.30. The molecule has 45 heavy (non-hydrogen) atoms. The predicted octanol–water partition coefficient (Wildman–Crippen LogP) is 7.41. The van der Waals surface area contributed by atoms with Crippen molar-refractivity contribution in [3.8, 4) is 11.4 Å². The molecular weight excluding hydrogens is 611 g/mol. The minimum Gasteiger partial charge on any atom is -0.505 e. The highest BCUT2D eigenvalue weighted by atomic mass is 32.2. The lowest BCUT2D eigenvalue weighted by Crippen LogP contribution is -2.20. The molecule has 0 saturated carbocycles. The summed E-state index contributed by atoms with van der Waals surface area (Å²) < 4.78 is 35.5. The van der Waals surface area contributed by atoms with Gasteiger partial charge in [-0.2, -0.15) is 13.5 Å². The van der Waals surface area contributed by atoms with Gasteiger partial charge in [0.2, 0.25) is 0 Å². The summed E-state index contributed by atoms with van der Waals surface area (Å²) in [5.74, 6) is -0.413. The maximum atomic E-state index is 13.0. The van der Waals surface area contributed by atoms with Crippen LogP contribution in [0.5, 0.6) is 5.75 Å². The Balaban J connectivity index is 1.22. The molecule has 0 radical (unpaired) electrons. The molecule has 12 heteroatoms. The average Bonchev–Trinajstić information content (AvgIpc) is 3.03. The fourth-order valence-corrected chi connectivity index (χ4v) is 5.81. The second-order valence-electron chi connectivity index (χ2n) is 10.0. The first-order chi connectivity index (χ1) is 21.6. The third kappa shape index (κ3) is 6.07. The second-order valence-corrected chi connectivity index (χ2v) is 11.8. The largest absolute Gasteiger partial charge is 0.505 e. The summed E-state index contributed by atoms with van der Waals surface area (Å²) in [5, 5.41) is 23.4. The van der Waals surface area contributed by atoms with E-state index in [1.54, 1.807) is 67.7 Å². The van der Waals surface area contributed by atoms with Crippen LogP contribution in [0.1, 0.15) is 11.1 Å². The van der Waals surface area contributed by atoms with Crippen LogP contribution in [0, 0.1) is 0 Å². The lowest BCUT2D eigenvalue weighted by Gasteiger charge is -2.10. The number of hydrogen-bond acceptors (Lipinski definition) is 9. The van der Waals surface area contributed by atoms with Gasteiger partial charge in [0.15, 0.2) is 10.9 Å². The van der Waals surface area contributed by atoms with Gasteiger partial charge < -0.3 is 10.4 Å². The van der Waals surface area contributed by atoms with Crippen LogP contribution in [0.15, 0.2) is 122 Å². The van der Waals surface area contributed by atoms with E-state index in [9.17, 15) is 22.9 Å². The summed E-state index contributed by atoms with van der Waals surface area (Å²) in [5.41, 5.74) is 3.54. The number of benzene rings is 5. The van der Waals surface area contributed by atoms with Crippen molar-refractivity contribution in [1.29, 1.82) is 0 Å². The van der Waals surface area contributed by atoms with Gasteiger partial charge in [0.25, 0.3) is 15.7 Å². The third-order valence-electron chi connectivity index (χ3n) is 7.15. The lowest BCUT2D eigenvalue weighted by molar-refractivity contribution is 0.472. The van der Waals surface area contributed by atoms with Crippen molar-refractivity contribution >= 4 is 73.6 Å². The van der Waals surface area contributed by atoms with Crippen molar-refractivity contribution in [2.45, 2.75) is 10.1 Å². The fraction of sp³-hybridized carbons (Fsp3) is 0.0303. The molecule has 0 bridgehead atoms. The van der Waals surface area contributed by atoms with Crippen LogP contribution in [0.25, 0.3) is 39.5 Å². The van der Waals surface area contributed by atoms with Gasteiger partial charge in [0.1, 0.15) is 10.6 Å². The number of rotatable bonds is 7. The zero-order valence-electron chi connectivity index (χ0n) is 23.7. The monoisotopic (exact) mass is 635 g/mol. The summed E-state index contributed by atoms with van der Waals surface area (Å²) in [6.07, 6.45) is 3.81. The molecule has 3 N–H and O–H groups in total. The van der Waals surface area contributed by atoms with E-state index in [1.807, 2.05) is 42.5 Å². The number of aromatic nitrogens is 2. The second kappa shape index (κ2) is 12.0. The van der Waals surface area contributed by atoms with Crippen LogP contribution < -0.4 is 10.9 Å². The molecule has 0 fully saturated rings. The third-order valence-corrected chi connectivity index (χ3v) is 8.32. The molecule has 1 heterocycles. The Morgan fingerprint density at radius 3 is 2.20 bits per heavy atom. The van der Waals surface area contributed by atoms with E-state index in [1.165, 1.54) is 10.6 Å². The van der Waals surface area contributed by atoms with Gasteiger partial charge in [-0.3, -0.25) is 13.9 Å². The van der Waals surface area contributed by atoms with E-state index in [0.29, 0.717) is 43.9 Å². The maximum absolute atomic E-state index is 13.0. The van der Waals surface area contributed by atoms with Crippen molar-refractivity contribution in [3.63, 3.8) is 0 Å². The summed E-state index contributed by atoms with van der Waals surface area (Å²) in [6, 6.07) is 27.7. The van der Waals surface area contributed by atoms with E-state index >= 15 is 0 Å². The van der Waals surface area contributed by atoms with Crippen LogP contribution in [0.2, 0.25) is 0 Å². The normalized spacial score (nSPS) is 12.1.